The number of carbonyl (C=O) groups excluding carboxylic acids is 2. The fourth-order valence-electron chi connectivity index (χ4n) is 3.03. The second-order valence-electron chi connectivity index (χ2n) is 5.81. The van der Waals surface area contributed by atoms with Gasteiger partial charge in [0.05, 0.1) is 0 Å². The van der Waals surface area contributed by atoms with Crippen LogP contribution in [0.15, 0.2) is 53.0 Å². The second kappa shape index (κ2) is 7.18. The van der Waals surface area contributed by atoms with Gasteiger partial charge in [-0.05, 0) is 29.3 Å². The summed E-state index contributed by atoms with van der Waals surface area (Å²) in [5.41, 5.74) is 2.91. The first-order valence-corrected chi connectivity index (χ1v) is 8.81. The van der Waals surface area contributed by atoms with Crippen molar-refractivity contribution >= 4 is 33.4 Å². The highest BCUT2D eigenvalue weighted by atomic mass is 79.9. The van der Waals surface area contributed by atoms with Gasteiger partial charge in [-0.1, -0.05) is 53.2 Å². The van der Waals surface area contributed by atoms with E-state index in [0.717, 1.165) is 21.3 Å². The zero-order valence-corrected chi connectivity index (χ0v) is 15.0. The number of hydrogen-bond donors (Lipinski definition) is 1. The molecule has 2 aromatic rings. The SMILES string of the molecule is CCC(=O)N1c2ccccc2CC1C(=O)NCc1cccc(Br)c1. The van der Waals surface area contributed by atoms with E-state index in [4.69, 9.17) is 0 Å². The maximum absolute atomic E-state index is 12.7. The molecule has 0 fully saturated rings. The van der Waals surface area contributed by atoms with Crippen LogP contribution < -0.4 is 10.2 Å². The number of fused-ring (bicyclic) bond motifs is 1. The number of hydrogen-bond acceptors (Lipinski definition) is 2. The third kappa shape index (κ3) is 3.36. The Morgan fingerprint density at radius 3 is 2.75 bits per heavy atom. The molecule has 1 aliphatic heterocycles. The Kier molecular flexibility index (Phi) is 5.00. The highest BCUT2D eigenvalue weighted by Crippen LogP contribution is 2.32. The normalized spacial score (nSPS) is 15.9. The second-order valence-corrected chi connectivity index (χ2v) is 6.73. The van der Waals surface area contributed by atoms with Crippen LogP contribution in [-0.2, 0) is 22.6 Å². The van der Waals surface area contributed by atoms with Crippen molar-refractivity contribution in [2.24, 2.45) is 0 Å². The van der Waals surface area contributed by atoms with E-state index in [-0.39, 0.29) is 11.8 Å². The van der Waals surface area contributed by atoms with Gasteiger partial charge in [0.25, 0.3) is 0 Å². The molecular formula is C19H19BrN2O2. The molecule has 3 rings (SSSR count). The van der Waals surface area contributed by atoms with Crippen LogP contribution in [0.5, 0.6) is 0 Å². The van der Waals surface area contributed by atoms with Gasteiger partial charge in [0.15, 0.2) is 0 Å². The summed E-state index contributed by atoms with van der Waals surface area (Å²) in [4.78, 5) is 26.7. The Balaban J connectivity index is 1.75. The molecule has 0 radical (unpaired) electrons. The molecule has 1 atom stereocenters. The van der Waals surface area contributed by atoms with Crippen molar-refractivity contribution in [3.8, 4) is 0 Å². The van der Waals surface area contributed by atoms with Crippen LogP contribution in [0.4, 0.5) is 5.69 Å². The van der Waals surface area contributed by atoms with Crippen LogP contribution >= 0.6 is 15.9 Å². The molecule has 0 aliphatic carbocycles. The van der Waals surface area contributed by atoms with Gasteiger partial charge < -0.3 is 5.32 Å². The van der Waals surface area contributed by atoms with Crippen molar-refractivity contribution in [1.82, 2.24) is 5.32 Å². The lowest BCUT2D eigenvalue weighted by atomic mass is 10.1. The van der Waals surface area contributed by atoms with Crippen molar-refractivity contribution in [1.29, 1.82) is 0 Å². The molecule has 0 saturated carbocycles. The van der Waals surface area contributed by atoms with Gasteiger partial charge in [0.2, 0.25) is 11.8 Å². The number of nitrogens with zero attached hydrogens (tertiary/aromatic N) is 1. The van der Waals surface area contributed by atoms with Crippen LogP contribution in [0, 0.1) is 0 Å². The summed E-state index contributed by atoms with van der Waals surface area (Å²) >= 11 is 3.43. The summed E-state index contributed by atoms with van der Waals surface area (Å²) in [6.07, 6.45) is 0.940. The van der Waals surface area contributed by atoms with Gasteiger partial charge in [-0.2, -0.15) is 0 Å². The number of amides is 2. The van der Waals surface area contributed by atoms with E-state index in [2.05, 4.69) is 21.2 Å². The number of anilines is 1. The number of nitrogens with one attached hydrogen (secondary N) is 1. The molecule has 0 aromatic heterocycles. The third-order valence-corrected chi connectivity index (χ3v) is 4.70. The van der Waals surface area contributed by atoms with Crippen LogP contribution in [0.1, 0.15) is 24.5 Å². The minimum Gasteiger partial charge on any atom is -0.350 e. The molecule has 1 aliphatic rings. The standard InChI is InChI=1S/C19H19BrN2O2/c1-2-18(23)22-16-9-4-3-7-14(16)11-17(22)19(24)21-12-13-6-5-8-15(20)10-13/h3-10,17H,2,11-12H2,1H3,(H,21,24). The molecule has 124 valence electrons. The van der Waals surface area contributed by atoms with Crippen LogP contribution in [0.25, 0.3) is 0 Å². The van der Waals surface area contributed by atoms with Crippen molar-refractivity contribution < 1.29 is 9.59 Å². The van der Waals surface area contributed by atoms with E-state index in [1.807, 2.05) is 55.5 Å². The Morgan fingerprint density at radius 2 is 2.00 bits per heavy atom. The fraction of sp³-hybridized carbons (Fsp3) is 0.263. The molecular weight excluding hydrogens is 368 g/mol. The summed E-state index contributed by atoms with van der Waals surface area (Å²) in [6, 6.07) is 15.1. The Morgan fingerprint density at radius 1 is 1.21 bits per heavy atom. The highest BCUT2D eigenvalue weighted by molar-refractivity contribution is 9.10. The third-order valence-electron chi connectivity index (χ3n) is 4.21. The maximum atomic E-state index is 12.7. The molecule has 4 nitrogen and oxygen atoms in total. The van der Waals surface area contributed by atoms with Gasteiger partial charge in [0.1, 0.15) is 6.04 Å². The molecule has 5 heteroatoms. The lowest BCUT2D eigenvalue weighted by Crippen LogP contribution is -2.47. The number of carbonyl (C=O) groups is 2. The van der Waals surface area contributed by atoms with Gasteiger partial charge in [0, 0.05) is 29.5 Å². The van der Waals surface area contributed by atoms with E-state index in [9.17, 15) is 9.59 Å². The van der Waals surface area contributed by atoms with E-state index < -0.39 is 6.04 Å². The molecule has 1 N–H and O–H groups in total. The largest absolute Gasteiger partial charge is 0.350 e. The average molecular weight is 387 g/mol. The number of halogens is 1. The molecule has 0 bridgehead atoms. The van der Waals surface area contributed by atoms with Crippen molar-refractivity contribution in [2.75, 3.05) is 4.90 Å². The van der Waals surface area contributed by atoms with Crippen LogP contribution in [0.2, 0.25) is 0 Å². The van der Waals surface area contributed by atoms with E-state index in [0.29, 0.717) is 19.4 Å². The van der Waals surface area contributed by atoms with E-state index >= 15 is 0 Å². The zero-order chi connectivity index (χ0) is 17.1. The smallest absolute Gasteiger partial charge is 0.243 e. The van der Waals surface area contributed by atoms with Crippen molar-refractivity contribution in [3.63, 3.8) is 0 Å². The Bertz CT molecular complexity index is 775. The van der Waals surface area contributed by atoms with Crippen LogP contribution in [-0.4, -0.2) is 17.9 Å². The molecule has 2 amide bonds. The van der Waals surface area contributed by atoms with E-state index in [1.54, 1.807) is 4.90 Å². The van der Waals surface area contributed by atoms with Gasteiger partial charge in [-0.25, -0.2) is 0 Å². The maximum Gasteiger partial charge on any atom is 0.243 e. The predicted octanol–water partition coefficient (Wildman–Crippen LogP) is 3.43. The number of para-hydroxylation sites is 1. The van der Waals surface area contributed by atoms with Gasteiger partial charge >= 0.3 is 0 Å². The topological polar surface area (TPSA) is 49.4 Å². The Hall–Kier alpha value is -2.14. The lowest BCUT2D eigenvalue weighted by Gasteiger charge is -2.24. The first kappa shape index (κ1) is 16.7. The predicted molar refractivity (Wildman–Crippen MR) is 97.7 cm³/mol. The monoisotopic (exact) mass is 386 g/mol. The summed E-state index contributed by atoms with van der Waals surface area (Å²) in [5.74, 6) is -0.143. The highest BCUT2D eigenvalue weighted by Gasteiger charge is 2.37. The minimum atomic E-state index is -0.470. The zero-order valence-electron chi connectivity index (χ0n) is 13.5. The van der Waals surface area contributed by atoms with Crippen molar-refractivity contribution in [2.45, 2.75) is 32.4 Å². The van der Waals surface area contributed by atoms with E-state index in [1.165, 1.54) is 0 Å². The fourth-order valence-corrected chi connectivity index (χ4v) is 3.47. The molecule has 2 aromatic carbocycles. The minimum absolute atomic E-state index is 0.0254. The Labute approximate surface area is 150 Å². The molecule has 0 saturated heterocycles. The average Bonchev–Trinajstić information content (AvgIpc) is 2.98. The summed E-state index contributed by atoms with van der Waals surface area (Å²) in [6.45, 7) is 2.26. The first-order valence-electron chi connectivity index (χ1n) is 8.02. The van der Waals surface area contributed by atoms with Crippen LogP contribution in [0.3, 0.4) is 0 Å². The summed E-state index contributed by atoms with van der Waals surface area (Å²) in [7, 11) is 0. The van der Waals surface area contributed by atoms with Crippen molar-refractivity contribution in [3.05, 3.63) is 64.1 Å². The quantitative estimate of drug-likeness (QED) is 0.874. The molecule has 24 heavy (non-hydrogen) atoms. The number of rotatable bonds is 4. The summed E-state index contributed by atoms with van der Waals surface area (Å²) < 4.78 is 0.977. The molecule has 1 unspecified atom stereocenters. The lowest BCUT2D eigenvalue weighted by molar-refractivity contribution is -0.126. The molecule has 1 heterocycles. The number of benzene rings is 2. The summed E-state index contributed by atoms with van der Waals surface area (Å²) in [5, 5.41) is 2.96. The molecule has 0 spiro atoms. The first-order chi connectivity index (χ1) is 11.6. The van der Waals surface area contributed by atoms with Gasteiger partial charge in [-0.15, -0.1) is 0 Å². The van der Waals surface area contributed by atoms with Gasteiger partial charge in [-0.3, -0.25) is 14.5 Å².